The van der Waals surface area contributed by atoms with Crippen molar-refractivity contribution < 1.29 is 13.2 Å². The molecule has 4 heterocycles. The van der Waals surface area contributed by atoms with Crippen molar-refractivity contribution >= 4 is 54.5 Å². The van der Waals surface area contributed by atoms with Gasteiger partial charge in [0, 0.05) is 41.3 Å². The number of ether oxygens (including phenoxy) is 1. The molecule has 2 N–H and O–H groups in total. The first kappa shape index (κ1) is 23.6. The number of nitrogens with one attached hydrogen (secondary N) is 2. The third-order valence-corrected chi connectivity index (χ3v) is 9.99. The van der Waals surface area contributed by atoms with E-state index in [1.807, 2.05) is 54.7 Å². The zero-order chi connectivity index (χ0) is 25.6. The number of rotatable bonds is 8. The predicted octanol–water partition coefficient (Wildman–Crippen LogP) is 5.62. The number of aromatic nitrogens is 2. The summed E-state index contributed by atoms with van der Waals surface area (Å²) in [6.45, 7) is 5.74. The Morgan fingerprint density at radius 2 is 2.03 bits per heavy atom. The van der Waals surface area contributed by atoms with Gasteiger partial charge < -0.3 is 19.9 Å². The molecule has 0 radical (unpaired) electrons. The predicted molar refractivity (Wildman–Crippen MR) is 151 cm³/mol. The van der Waals surface area contributed by atoms with Crippen molar-refractivity contribution in [3.05, 3.63) is 90.0 Å². The molecule has 1 aliphatic rings. The quantitative estimate of drug-likeness (QED) is 0.253. The van der Waals surface area contributed by atoms with E-state index in [9.17, 15) is 8.42 Å². The van der Waals surface area contributed by atoms with Gasteiger partial charge in [0.25, 0.3) is 0 Å². The van der Waals surface area contributed by atoms with Crippen molar-refractivity contribution in [2.45, 2.75) is 16.0 Å². The van der Waals surface area contributed by atoms with Crippen molar-refractivity contribution in [3.8, 4) is 5.75 Å². The van der Waals surface area contributed by atoms with E-state index in [4.69, 9.17) is 4.74 Å². The molecule has 0 aliphatic carbocycles. The normalized spacial score (nSPS) is 15.8. The number of hydrogen-bond acceptors (Lipinski definition) is 7. The summed E-state index contributed by atoms with van der Waals surface area (Å²) in [5, 5.41) is 7.26. The molecular weight excluding hydrogens is 504 g/mol. The number of thiophene rings is 1. The zero-order valence-corrected chi connectivity index (χ0v) is 21.9. The Kier molecular flexibility index (Phi) is 5.89. The number of methoxy groups -OCH3 is 1. The second kappa shape index (κ2) is 9.24. The van der Waals surface area contributed by atoms with Crippen LogP contribution in [-0.2, 0) is 15.6 Å². The van der Waals surface area contributed by atoms with Crippen molar-refractivity contribution in [3.63, 3.8) is 0 Å². The maximum absolute atomic E-state index is 12.9. The minimum absolute atomic E-state index is 0.0410. The molecule has 188 valence electrons. The largest absolute Gasteiger partial charge is 0.497 e. The Labute approximate surface area is 219 Å². The molecule has 0 bridgehead atoms. The van der Waals surface area contributed by atoms with E-state index in [2.05, 4.69) is 26.8 Å². The van der Waals surface area contributed by atoms with Gasteiger partial charge in [0.1, 0.15) is 15.6 Å². The van der Waals surface area contributed by atoms with E-state index >= 15 is 0 Å². The summed E-state index contributed by atoms with van der Waals surface area (Å²) in [7, 11) is -1.74. The molecule has 6 rings (SSSR count). The molecule has 1 aliphatic heterocycles. The van der Waals surface area contributed by atoms with Crippen LogP contribution < -0.4 is 15.0 Å². The van der Waals surface area contributed by atoms with Gasteiger partial charge >= 0.3 is 0 Å². The van der Waals surface area contributed by atoms with Gasteiger partial charge in [-0.25, -0.2) is 13.4 Å². The molecule has 7 nitrogen and oxygen atoms in total. The summed E-state index contributed by atoms with van der Waals surface area (Å²) in [6.07, 6.45) is 1.81. The molecule has 9 heteroatoms. The number of benzene rings is 2. The number of fused-ring (bicyclic) bond motifs is 3. The van der Waals surface area contributed by atoms with Gasteiger partial charge in [0.15, 0.2) is 9.84 Å². The lowest BCUT2D eigenvalue weighted by atomic mass is 9.95. The van der Waals surface area contributed by atoms with Gasteiger partial charge in [-0.1, -0.05) is 18.7 Å². The molecule has 2 aromatic carbocycles. The number of sulfone groups is 1. The molecule has 37 heavy (non-hydrogen) atoms. The van der Waals surface area contributed by atoms with Crippen molar-refractivity contribution in [1.82, 2.24) is 9.97 Å². The summed E-state index contributed by atoms with van der Waals surface area (Å²) >= 11 is 1.25. The van der Waals surface area contributed by atoms with Crippen molar-refractivity contribution in [1.29, 1.82) is 0 Å². The first-order chi connectivity index (χ1) is 17.9. The average molecular weight is 531 g/mol. The average Bonchev–Trinajstić information content (AvgIpc) is 3.56. The third-order valence-electron chi connectivity index (χ3n) is 6.81. The molecule has 3 aromatic heterocycles. The van der Waals surface area contributed by atoms with Crippen molar-refractivity contribution in [2.24, 2.45) is 0 Å². The lowest BCUT2D eigenvalue weighted by Crippen LogP contribution is -2.53. The lowest BCUT2D eigenvalue weighted by molar-refractivity contribution is 0.415. The zero-order valence-electron chi connectivity index (χ0n) is 20.3. The van der Waals surface area contributed by atoms with E-state index < -0.39 is 9.84 Å². The highest BCUT2D eigenvalue weighted by molar-refractivity contribution is 7.92. The van der Waals surface area contributed by atoms with Crippen molar-refractivity contribution in [2.75, 3.05) is 30.4 Å². The fourth-order valence-corrected chi connectivity index (χ4v) is 7.30. The van der Waals surface area contributed by atoms with Crippen LogP contribution in [0.4, 0.5) is 11.4 Å². The molecule has 1 unspecified atom stereocenters. The minimum Gasteiger partial charge on any atom is -0.497 e. The Hall–Kier alpha value is -3.82. The Morgan fingerprint density at radius 1 is 1.19 bits per heavy atom. The minimum atomic E-state index is -3.39. The van der Waals surface area contributed by atoms with Crippen LogP contribution in [0.15, 0.2) is 88.6 Å². The first-order valence-corrected chi connectivity index (χ1v) is 14.4. The number of aromatic amines is 1. The van der Waals surface area contributed by atoms with Crippen LogP contribution in [0.25, 0.3) is 21.9 Å². The molecule has 0 saturated carbocycles. The smallest absolute Gasteiger partial charge is 0.191 e. The van der Waals surface area contributed by atoms with Gasteiger partial charge in [-0.05, 0) is 65.0 Å². The van der Waals surface area contributed by atoms with Crippen LogP contribution >= 0.6 is 11.3 Å². The number of hydrogen-bond donors (Lipinski definition) is 2. The molecule has 5 aromatic rings. The number of anilines is 2. The van der Waals surface area contributed by atoms with Crippen LogP contribution in [0.2, 0.25) is 0 Å². The number of pyridine rings is 1. The van der Waals surface area contributed by atoms with E-state index in [1.165, 1.54) is 11.3 Å². The highest BCUT2D eigenvalue weighted by atomic mass is 32.2. The van der Waals surface area contributed by atoms with E-state index in [0.29, 0.717) is 10.8 Å². The summed E-state index contributed by atoms with van der Waals surface area (Å²) in [5.41, 5.74) is 5.70. The highest BCUT2D eigenvalue weighted by Crippen LogP contribution is 2.39. The topological polar surface area (TPSA) is 87.3 Å². The first-order valence-electron chi connectivity index (χ1n) is 11.9. The van der Waals surface area contributed by atoms with E-state index in [1.54, 1.807) is 24.6 Å². The fraction of sp³-hybridized carbons (Fsp3) is 0.179. The molecule has 1 atom stereocenters. The molecule has 0 spiro atoms. The SMILES string of the molecule is C=C1CN(c2ccnc3[nH]c4ccc(CS(=O)(=O)c5cccs5)cc4c23)C1CNc1ccc(OC)cc1. The third kappa shape index (κ3) is 4.34. The molecular formula is C28H26N4O3S2. The van der Waals surface area contributed by atoms with Crippen LogP contribution in [0, 0.1) is 0 Å². The van der Waals surface area contributed by atoms with Gasteiger partial charge in [0.2, 0.25) is 0 Å². The Balaban J connectivity index is 1.31. The van der Waals surface area contributed by atoms with Gasteiger partial charge in [-0.2, -0.15) is 0 Å². The van der Waals surface area contributed by atoms with Crippen LogP contribution in [0.5, 0.6) is 5.75 Å². The number of H-pyrrole nitrogens is 1. The molecule has 1 saturated heterocycles. The second-order valence-corrected chi connectivity index (χ2v) is 12.3. The Morgan fingerprint density at radius 3 is 2.76 bits per heavy atom. The van der Waals surface area contributed by atoms with Crippen LogP contribution in [0.1, 0.15) is 5.56 Å². The highest BCUT2D eigenvalue weighted by Gasteiger charge is 2.33. The van der Waals surface area contributed by atoms with Gasteiger partial charge in [-0.3, -0.25) is 0 Å². The maximum atomic E-state index is 12.9. The fourth-order valence-electron chi connectivity index (χ4n) is 4.88. The van der Waals surface area contributed by atoms with E-state index in [0.717, 1.165) is 56.7 Å². The lowest BCUT2D eigenvalue weighted by Gasteiger charge is -2.45. The molecule has 0 amide bonds. The Bertz CT molecular complexity index is 1710. The number of nitrogens with zero attached hydrogens (tertiary/aromatic N) is 2. The summed E-state index contributed by atoms with van der Waals surface area (Å²) in [4.78, 5) is 10.3. The summed E-state index contributed by atoms with van der Waals surface area (Å²) in [5.74, 6) is 0.780. The molecule has 1 fully saturated rings. The monoisotopic (exact) mass is 530 g/mol. The van der Waals surface area contributed by atoms with Crippen LogP contribution in [0.3, 0.4) is 0 Å². The van der Waals surface area contributed by atoms with Gasteiger partial charge in [-0.15, -0.1) is 11.3 Å². The second-order valence-electron chi connectivity index (χ2n) is 9.16. The van der Waals surface area contributed by atoms with E-state index in [-0.39, 0.29) is 11.8 Å². The van der Waals surface area contributed by atoms with Gasteiger partial charge in [0.05, 0.1) is 24.6 Å². The van der Waals surface area contributed by atoms with Crippen LogP contribution in [-0.4, -0.2) is 44.6 Å². The maximum Gasteiger partial charge on any atom is 0.191 e. The standard InChI is InChI=1S/C28H26N4O3S2/c1-18-16-32(25(18)15-30-20-6-8-21(35-2)9-7-20)24-11-12-29-28-27(24)22-14-19(5-10-23(22)31-28)17-37(33,34)26-4-3-13-36-26/h3-14,25,30H,1,15-17H2,2H3,(H,29,31). The summed E-state index contributed by atoms with van der Waals surface area (Å²) in [6, 6.07) is 19.2. The summed E-state index contributed by atoms with van der Waals surface area (Å²) < 4.78 is 31.4.